The maximum Gasteiger partial charge on any atom is 0.0234 e. The summed E-state index contributed by atoms with van der Waals surface area (Å²) in [6, 6.07) is 9.06. The zero-order chi connectivity index (χ0) is 12.4. The van der Waals surface area contributed by atoms with Crippen LogP contribution in [0.2, 0.25) is 0 Å². The first kappa shape index (κ1) is 12.6. The number of likely N-dealkylation sites (tertiary alicyclic amines) is 1. The highest BCUT2D eigenvalue weighted by molar-refractivity contribution is 5.25. The van der Waals surface area contributed by atoms with Crippen LogP contribution in [0.25, 0.3) is 0 Å². The lowest BCUT2D eigenvalue weighted by Crippen LogP contribution is -2.48. The number of hydrogen-bond donors (Lipinski definition) is 0. The fourth-order valence-corrected chi connectivity index (χ4v) is 2.47. The third-order valence-corrected chi connectivity index (χ3v) is 3.95. The molecule has 17 heavy (non-hydrogen) atoms. The van der Waals surface area contributed by atoms with E-state index in [2.05, 4.69) is 56.9 Å². The average Bonchev–Trinajstić information content (AvgIpc) is 2.22. The first-order valence-electron chi connectivity index (χ1n) is 6.87. The van der Waals surface area contributed by atoms with Crippen molar-refractivity contribution < 1.29 is 0 Å². The second-order valence-corrected chi connectivity index (χ2v) is 6.10. The van der Waals surface area contributed by atoms with Crippen molar-refractivity contribution >= 4 is 0 Å². The van der Waals surface area contributed by atoms with Gasteiger partial charge in [-0.15, -0.1) is 0 Å². The van der Waals surface area contributed by atoms with Crippen molar-refractivity contribution in [1.82, 2.24) is 4.90 Å². The summed E-state index contributed by atoms with van der Waals surface area (Å²) in [6.45, 7) is 12.9. The maximum absolute atomic E-state index is 2.56. The molecule has 1 aromatic carbocycles. The molecule has 2 rings (SSSR count). The molecule has 0 unspecified atom stereocenters. The molecular formula is C16H25N. The molecule has 0 amide bonds. The quantitative estimate of drug-likeness (QED) is 0.759. The Labute approximate surface area is 106 Å². The molecule has 0 spiro atoms. The van der Waals surface area contributed by atoms with Crippen LogP contribution in [0.15, 0.2) is 24.3 Å². The van der Waals surface area contributed by atoms with Gasteiger partial charge in [-0.1, -0.05) is 52.0 Å². The van der Waals surface area contributed by atoms with E-state index in [1.54, 1.807) is 0 Å². The Bertz CT molecular complexity index is 362. The normalized spacial score (nSPS) is 17.8. The third-order valence-electron chi connectivity index (χ3n) is 3.95. The van der Waals surface area contributed by atoms with E-state index >= 15 is 0 Å². The second kappa shape index (κ2) is 5.22. The average molecular weight is 231 g/mol. The molecule has 1 heteroatoms. The Hall–Kier alpha value is -0.820. The lowest BCUT2D eigenvalue weighted by molar-refractivity contribution is 0.0614. The van der Waals surface area contributed by atoms with Crippen molar-refractivity contribution in [2.75, 3.05) is 13.1 Å². The zero-order valence-corrected chi connectivity index (χ0v) is 11.6. The molecule has 0 aromatic heterocycles. The van der Waals surface area contributed by atoms with Gasteiger partial charge in [-0.05, 0) is 28.9 Å². The molecule has 1 aliphatic heterocycles. The van der Waals surface area contributed by atoms with Crippen LogP contribution in [0.5, 0.6) is 0 Å². The SMILES string of the molecule is CC(C)c1cccc(CN2CC(C(C)C)C2)c1. The first-order chi connectivity index (χ1) is 8.06. The van der Waals surface area contributed by atoms with E-state index in [1.165, 1.54) is 24.2 Å². The maximum atomic E-state index is 2.56. The molecule has 1 heterocycles. The number of rotatable bonds is 4. The van der Waals surface area contributed by atoms with Gasteiger partial charge in [0, 0.05) is 19.6 Å². The van der Waals surface area contributed by atoms with Crippen molar-refractivity contribution in [3.05, 3.63) is 35.4 Å². The van der Waals surface area contributed by atoms with E-state index in [1.807, 2.05) is 0 Å². The summed E-state index contributed by atoms with van der Waals surface area (Å²) in [5, 5.41) is 0. The Morgan fingerprint density at radius 3 is 2.47 bits per heavy atom. The van der Waals surface area contributed by atoms with Crippen molar-refractivity contribution in [1.29, 1.82) is 0 Å². The zero-order valence-electron chi connectivity index (χ0n) is 11.6. The van der Waals surface area contributed by atoms with Crippen molar-refractivity contribution in [2.24, 2.45) is 11.8 Å². The summed E-state index contributed by atoms with van der Waals surface area (Å²) in [4.78, 5) is 2.56. The molecule has 1 aromatic rings. The number of hydrogen-bond acceptors (Lipinski definition) is 1. The Balaban J connectivity index is 1.90. The van der Waals surface area contributed by atoms with Crippen molar-refractivity contribution in [3.63, 3.8) is 0 Å². The van der Waals surface area contributed by atoms with Gasteiger partial charge < -0.3 is 0 Å². The van der Waals surface area contributed by atoms with E-state index in [-0.39, 0.29) is 0 Å². The molecule has 0 radical (unpaired) electrons. The molecule has 0 saturated carbocycles. The predicted molar refractivity (Wildman–Crippen MR) is 74.1 cm³/mol. The van der Waals surface area contributed by atoms with E-state index in [0.717, 1.165) is 18.4 Å². The van der Waals surface area contributed by atoms with Crippen LogP contribution < -0.4 is 0 Å². The number of benzene rings is 1. The summed E-state index contributed by atoms with van der Waals surface area (Å²) >= 11 is 0. The van der Waals surface area contributed by atoms with Crippen LogP contribution in [0.1, 0.15) is 44.7 Å². The predicted octanol–water partition coefficient (Wildman–Crippen LogP) is 3.90. The van der Waals surface area contributed by atoms with Gasteiger partial charge in [0.25, 0.3) is 0 Å². The van der Waals surface area contributed by atoms with Crippen LogP contribution in [0.4, 0.5) is 0 Å². The van der Waals surface area contributed by atoms with Crippen LogP contribution >= 0.6 is 0 Å². The lowest BCUT2D eigenvalue weighted by atomic mass is 9.88. The summed E-state index contributed by atoms with van der Waals surface area (Å²) in [5.41, 5.74) is 2.93. The molecule has 1 nitrogen and oxygen atoms in total. The lowest BCUT2D eigenvalue weighted by Gasteiger charge is -2.41. The van der Waals surface area contributed by atoms with Gasteiger partial charge in [0.05, 0.1) is 0 Å². The first-order valence-corrected chi connectivity index (χ1v) is 6.87. The van der Waals surface area contributed by atoms with Gasteiger partial charge in [0.15, 0.2) is 0 Å². The molecular weight excluding hydrogens is 206 g/mol. The minimum absolute atomic E-state index is 0.634. The van der Waals surface area contributed by atoms with Gasteiger partial charge >= 0.3 is 0 Å². The fraction of sp³-hybridized carbons (Fsp3) is 0.625. The Morgan fingerprint density at radius 1 is 1.18 bits per heavy atom. The highest BCUT2D eigenvalue weighted by Crippen LogP contribution is 2.25. The second-order valence-electron chi connectivity index (χ2n) is 6.10. The molecule has 0 N–H and O–H groups in total. The van der Waals surface area contributed by atoms with Crippen LogP contribution in [-0.2, 0) is 6.54 Å². The summed E-state index contributed by atoms with van der Waals surface area (Å²) in [7, 11) is 0. The van der Waals surface area contributed by atoms with E-state index < -0.39 is 0 Å². The van der Waals surface area contributed by atoms with E-state index in [4.69, 9.17) is 0 Å². The molecule has 1 aliphatic rings. The number of nitrogens with zero attached hydrogens (tertiary/aromatic N) is 1. The van der Waals surface area contributed by atoms with Gasteiger partial charge in [-0.25, -0.2) is 0 Å². The van der Waals surface area contributed by atoms with E-state index in [0.29, 0.717) is 5.92 Å². The summed E-state index contributed by atoms with van der Waals surface area (Å²) in [5.74, 6) is 2.39. The van der Waals surface area contributed by atoms with Gasteiger partial charge in [0.2, 0.25) is 0 Å². The minimum Gasteiger partial charge on any atom is -0.298 e. The highest BCUT2D eigenvalue weighted by atomic mass is 15.2. The van der Waals surface area contributed by atoms with Gasteiger partial charge in [-0.3, -0.25) is 4.90 Å². The largest absolute Gasteiger partial charge is 0.298 e. The van der Waals surface area contributed by atoms with Gasteiger partial charge in [0.1, 0.15) is 0 Å². The molecule has 1 fully saturated rings. The monoisotopic (exact) mass is 231 g/mol. The van der Waals surface area contributed by atoms with Gasteiger partial charge in [-0.2, -0.15) is 0 Å². The topological polar surface area (TPSA) is 3.24 Å². The Kier molecular flexibility index (Phi) is 3.88. The minimum atomic E-state index is 0.634. The molecule has 1 saturated heterocycles. The van der Waals surface area contributed by atoms with E-state index in [9.17, 15) is 0 Å². The highest BCUT2D eigenvalue weighted by Gasteiger charge is 2.28. The summed E-state index contributed by atoms with van der Waals surface area (Å²) in [6.07, 6.45) is 0. The third kappa shape index (κ3) is 3.10. The van der Waals surface area contributed by atoms with Crippen LogP contribution in [0, 0.1) is 11.8 Å². The smallest absolute Gasteiger partial charge is 0.0234 e. The van der Waals surface area contributed by atoms with Crippen molar-refractivity contribution in [2.45, 2.75) is 40.2 Å². The Morgan fingerprint density at radius 2 is 1.88 bits per heavy atom. The molecule has 94 valence electrons. The summed E-state index contributed by atoms with van der Waals surface area (Å²) < 4.78 is 0. The fourth-order valence-electron chi connectivity index (χ4n) is 2.47. The van der Waals surface area contributed by atoms with Crippen molar-refractivity contribution in [3.8, 4) is 0 Å². The van der Waals surface area contributed by atoms with Crippen LogP contribution in [-0.4, -0.2) is 18.0 Å². The standard InChI is InChI=1S/C16H25N/c1-12(2)15-7-5-6-14(8-15)9-17-10-16(11-17)13(3)4/h5-8,12-13,16H,9-11H2,1-4H3. The molecule has 0 bridgehead atoms. The molecule has 0 atom stereocenters. The van der Waals surface area contributed by atoms with Crippen LogP contribution in [0.3, 0.4) is 0 Å². The molecule has 0 aliphatic carbocycles.